The molecule has 1 aliphatic rings. The van der Waals surface area contributed by atoms with Gasteiger partial charge in [0.25, 0.3) is 0 Å². The van der Waals surface area contributed by atoms with E-state index in [0.29, 0.717) is 0 Å². The topological polar surface area (TPSA) is 54.9 Å². The summed E-state index contributed by atoms with van der Waals surface area (Å²) in [5.41, 5.74) is 4.01. The molecule has 0 atom stereocenters. The number of hydrogen-bond donors (Lipinski definition) is 1. The average molecular weight is 321 g/mol. The van der Waals surface area contributed by atoms with Crippen LogP contribution in [-0.2, 0) is 4.79 Å². The Morgan fingerprint density at radius 1 is 1.09 bits per heavy atom. The van der Waals surface area contributed by atoms with Crippen molar-refractivity contribution in [3.8, 4) is 21.6 Å². The zero-order valence-electron chi connectivity index (χ0n) is 12.4. The molecule has 114 valence electrons. The Morgan fingerprint density at radius 3 is 2.74 bits per heavy atom. The van der Waals surface area contributed by atoms with E-state index in [4.69, 9.17) is 0 Å². The molecule has 1 fully saturated rings. The molecular formula is C18H15N3OS. The molecule has 4 rings (SSSR count). The zero-order valence-corrected chi connectivity index (χ0v) is 13.2. The first-order valence-electron chi connectivity index (χ1n) is 7.55. The first-order valence-corrected chi connectivity index (χ1v) is 8.43. The third-order valence-corrected chi connectivity index (χ3v) is 4.81. The summed E-state index contributed by atoms with van der Waals surface area (Å²) in [6.07, 6.45) is 9.14. The maximum absolute atomic E-state index is 11.9. The fourth-order valence-corrected chi connectivity index (χ4v) is 3.31. The van der Waals surface area contributed by atoms with Gasteiger partial charge >= 0.3 is 0 Å². The van der Waals surface area contributed by atoms with Crippen molar-refractivity contribution in [1.82, 2.24) is 9.97 Å². The van der Waals surface area contributed by atoms with E-state index in [1.807, 2.05) is 30.6 Å². The van der Waals surface area contributed by atoms with Crippen molar-refractivity contribution in [3.05, 3.63) is 54.4 Å². The normalized spacial score (nSPS) is 13.7. The Bertz CT molecular complexity index is 840. The van der Waals surface area contributed by atoms with Gasteiger partial charge in [0.2, 0.25) is 5.91 Å². The molecule has 1 amide bonds. The number of aromatic nitrogens is 2. The second-order valence-electron chi connectivity index (χ2n) is 5.67. The molecule has 3 heterocycles. The highest BCUT2D eigenvalue weighted by Crippen LogP contribution is 2.34. The number of thiophene rings is 1. The maximum Gasteiger partial charge on any atom is 0.227 e. The highest BCUT2D eigenvalue weighted by Gasteiger charge is 2.29. The van der Waals surface area contributed by atoms with E-state index < -0.39 is 0 Å². The molecule has 0 bridgehead atoms. The lowest BCUT2D eigenvalue weighted by atomic mass is 10.1. The molecule has 3 aromatic heterocycles. The summed E-state index contributed by atoms with van der Waals surface area (Å²) >= 11 is 1.66. The van der Waals surface area contributed by atoms with Gasteiger partial charge in [-0.1, -0.05) is 6.07 Å². The van der Waals surface area contributed by atoms with E-state index in [0.717, 1.165) is 40.1 Å². The predicted molar refractivity (Wildman–Crippen MR) is 92.1 cm³/mol. The van der Waals surface area contributed by atoms with Gasteiger partial charge in [-0.15, -0.1) is 11.3 Å². The number of hydrogen-bond acceptors (Lipinski definition) is 4. The molecule has 4 nitrogen and oxygen atoms in total. The Balaban J connectivity index is 1.58. The Kier molecular flexibility index (Phi) is 3.63. The van der Waals surface area contributed by atoms with Gasteiger partial charge in [-0.25, -0.2) is 0 Å². The van der Waals surface area contributed by atoms with Gasteiger partial charge in [-0.2, -0.15) is 0 Å². The van der Waals surface area contributed by atoms with Crippen LogP contribution in [0.3, 0.4) is 0 Å². The van der Waals surface area contributed by atoms with Crippen LogP contribution in [0.25, 0.3) is 21.6 Å². The second kappa shape index (κ2) is 5.93. The molecule has 3 aromatic rings. The van der Waals surface area contributed by atoms with Crippen LogP contribution in [0.2, 0.25) is 0 Å². The van der Waals surface area contributed by atoms with Gasteiger partial charge in [0.15, 0.2) is 0 Å². The molecule has 0 spiro atoms. The van der Waals surface area contributed by atoms with Gasteiger partial charge in [-0.05, 0) is 42.0 Å². The minimum absolute atomic E-state index is 0.103. The summed E-state index contributed by atoms with van der Waals surface area (Å²) in [6, 6.07) is 8.09. The number of nitrogens with zero attached hydrogens (tertiary/aromatic N) is 2. The van der Waals surface area contributed by atoms with Gasteiger partial charge in [0.1, 0.15) is 0 Å². The fraction of sp³-hybridized carbons (Fsp3) is 0.167. The number of anilines is 1. The minimum atomic E-state index is 0.103. The number of rotatable bonds is 4. The number of carbonyl (C=O) groups is 1. The summed E-state index contributed by atoms with van der Waals surface area (Å²) in [5, 5.41) is 5.06. The molecule has 0 aromatic carbocycles. The summed E-state index contributed by atoms with van der Waals surface area (Å²) < 4.78 is 0. The van der Waals surface area contributed by atoms with Crippen LogP contribution in [-0.4, -0.2) is 15.9 Å². The lowest BCUT2D eigenvalue weighted by molar-refractivity contribution is -0.117. The molecule has 0 saturated heterocycles. The van der Waals surface area contributed by atoms with Gasteiger partial charge in [0, 0.05) is 40.5 Å². The monoisotopic (exact) mass is 321 g/mol. The van der Waals surface area contributed by atoms with Crippen molar-refractivity contribution in [2.24, 2.45) is 5.92 Å². The average Bonchev–Trinajstić information content (AvgIpc) is 3.33. The van der Waals surface area contributed by atoms with Gasteiger partial charge < -0.3 is 5.32 Å². The van der Waals surface area contributed by atoms with Crippen molar-refractivity contribution in [2.45, 2.75) is 12.8 Å². The first-order chi connectivity index (χ1) is 11.3. The van der Waals surface area contributed by atoms with Crippen molar-refractivity contribution < 1.29 is 4.79 Å². The quantitative estimate of drug-likeness (QED) is 0.782. The standard InChI is InChI=1S/C18H15N3OS/c22-18(12-3-4-12)21-16-6-14(9-20-10-16)17-7-15(11-23-17)13-2-1-5-19-8-13/h1-2,5-12H,3-4H2,(H,21,22). The highest BCUT2D eigenvalue weighted by atomic mass is 32.1. The van der Waals surface area contributed by atoms with Crippen molar-refractivity contribution >= 4 is 22.9 Å². The Hall–Kier alpha value is -2.53. The smallest absolute Gasteiger partial charge is 0.227 e. The third-order valence-electron chi connectivity index (χ3n) is 3.83. The van der Waals surface area contributed by atoms with E-state index in [1.54, 1.807) is 23.7 Å². The van der Waals surface area contributed by atoms with Gasteiger partial charge in [0.05, 0.1) is 11.9 Å². The molecule has 1 aliphatic carbocycles. The van der Waals surface area contributed by atoms with E-state index in [1.165, 1.54) is 0 Å². The lowest BCUT2D eigenvalue weighted by Gasteiger charge is -2.05. The number of nitrogens with one attached hydrogen (secondary N) is 1. The minimum Gasteiger partial charge on any atom is -0.324 e. The van der Waals surface area contributed by atoms with Crippen LogP contribution in [0, 0.1) is 5.92 Å². The van der Waals surface area contributed by atoms with E-state index in [-0.39, 0.29) is 11.8 Å². The van der Waals surface area contributed by atoms with Crippen molar-refractivity contribution in [2.75, 3.05) is 5.32 Å². The number of amides is 1. The fourth-order valence-electron chi connectivity index (χ4n) is 2.41. The Morgan fingerprint density at radius 2 is 1.96 bits per heavy atom. The van der Waals surface area contributed by atoms with Crippen molar-refractivity contribution in [3.63, 3.8) is 0 Å². The van der Waals surface area contributed by atoms with Crippen LogP contribution in [0.5, 0.6) is 0 Å². The van der Waals surface area contributed by atoms with E-state index in [9.17, 15) is 4.79 Å². The SMILES string of the molecule is O=C(Nc1cncc(-c2cc(-c3cccnc3)cs2)c1)C1CC1. The summed E-state index contributed by atoms with van der Waals surface area (Å²) in [4.78, 5) is 21.4. The molecule has 0 unspecified atom stereocenters. The molecule has 0 aliphatic heterocycles. The van der Waals surface area contributed by atoms with Crippen LogP contribution in [0.4, 0.5) is 5.69 Å². The lowest BCUT2D eigenvalue weighted by Crippen LogP contribution is -2.13. The van der Waals surface area contributed by atoms with Crippen LogP contribution >= 0.6 is 11.3 Å². The van der Waals surface area contributed by atoms with Crippen LogP contribution < -0.4 is 5.32 Å². The predicted octanol–water partition coefficient (Wildman–Crippen LogP) is 4.22. The highest BCUT2D eigenvalue weighted by molar-refractivity contribution is 7.14. The summed E-state index contributed by atoms with van der Waals surface area (Å²) in [5.74, 6) is 0.295. The largest absolute Gasteiger partial charge is 0.324 e. The van der Waals surface area contributed by atoms with Crippen molar-refractivity contribution in [1.29, 1.82) is 0 Å². The molecule has 5 heteroatoms. The number of pyridine rings is 2. The summed E-state index contributed by atoms with van der Waals surface area (Å²) in [6.45, 7) is 0. The molecule has 1 saturated carbocycles. The summed E-state index contributed by atoms with van der Waals surface area (Å²) in [7, 11) is 0. The molecule has 23 heavy (non-hydrogen) atoms. The zero-order chi connectivity index (χ0) is 15.6. The molecule has 1 N–H and O–H groups in total. The second-order valence-corrected chi connectivity index (χ2v) is 6.58. The molecular weight excluding hydrogens is 306 g/mol. The number of carbonyl (C=O) groups excluding carboxylic acids is 1. The maximum atomic E-state index is 11.9. The third kappa shape index (κ3) is 3.14. The van der Waals surface area contributed by atoms with Crippen LogP contribution in [0.15, 0.2) is 54.4 Å². The first kappa shape index (κ1) is 14.1. The van der Waals surface area contributed by atoms with Crippen LogP contribution in [0.1, 0.15) is 12.8 Å². The van der Waals surface area contributed by atoms with E-state index >= 15 is 0 Å². The van der Waals surface area contributed by atoms with Gasteiger partial charge in [-0.3, -0.25) is 14.8 Å². The van der Waals surface area contributed by atoms with E-state index in [2.05, 4.69) is 26.7 Å². The molecule has 0 radical (unpaired) electrons. The Labute approximate surface area is 138 Å².